The zero-order chi connectivity index (χ0) is 11.1. The van der Waals surface area contributed by atoms with Crippen LogP contribution >= 0.6 is 0 Å². The third-order valence-corrected chi connectivity index (χ3v) is 2.15. The molecule has 0 bridgehead atoms. The number of allylic oxidation sites excluding steroid dienone is 4. The topological polar surface area (TPSA) is 44.5 Å². The first-order chi connectivity index (χ1) is 7.31. The second-order valence-corrected chi connectivity index (χ2v) is 3.34. The summed E-state index contributed by atoms with van der Waals surface area (Å²) in [5.41, 5.74) is 5.48. The second kappa shape index (κ2) is 6.30. The van der Waals surface area contributed by atoms with Crippen LogP contribution in [0.4, 0.5) is 0 Å². The fraction of sp³-hybridized carbons (Fsp3) is 0.500. The maximum absolute atomic E-state index is 5.74. The molecule has 1 unspecified atom stereocenters. The third-order valence-electron chi connectivity index (χ3n) is 2.15. The van der Waals surface area contributed by atoms with Gasteiger partial charge in [0.05, 0.1) is 0 Å². The first-order valence-corrected chi connectivity index (χ1v) is 5.31. The lowest BCUT2D eigenvalue weighted by Crippen LogP contribution is -2.28. The van der Waals surface area contributed by atoms with Gasteiger partial charge in [0.2, 0.25) is 0 Å². The van der Waals surface area contributed by atoms with Crippen LogP contribution in [0.25, 0.3) is 0 Å². The van der Waals surface area contributed by atoms with Crippen molar-refractivity contribution < 1.29 is 9.47 Å². The number of ether oxygens (including phenoxy) is 2. The Morgan fingerprint density at radius 3 is 2.80 bits per heavy atom. The molecule has 1 atom stereocenters. The van der Waals surface area contributed by atoms with Crippen LogP contribution in [0.3, 0.4) is 0 Å². The molecule has 1 fully saturated rings. The van der Waals surface area contributed by atoms with Crippen molar-refractivity contribution in [3.63, 3.8) is 0 Å². The van der Waals surface area contributed by atoms with Gasteiger partial charge in [-0.3, -0.25) is 0 Å². The summed E-state index contributed by atoms with van der Waals surface area (Å²) in [6.07, 6.45) is 8.63. The molecule has 0 aromatic rings. The van der Waals surface area contributed by atoms with Gasteiger partial charge in [-0.1, -0.05) is 12.2 Å². The van der Waals surface area contributed by atoms with Gasteiger partial charge in [0.25, 0.3) is 0 Å². The molecule has 84 valence electrons. The minimum Gasteiger partial charge on any atom is -0.486 e. The summed E-state index contributed by atoms with van der Waals surface area (Å²) in [4.78, 5) is 0. The van der Waals surface area contributed by atoms with Crippen molar-refractivity contribution in [2.45, 2.75) is 26.4 Å². The first-order valence-electron chi connectivity index (χ1n) is 5.31. The van der Waals surface area contributed by atoms with E-state index in [0.717, 1.165) is 17.9 Å². The Balaban J connectivity index is 2.65. The van der Waals surface area contributed by atoms with Gasteiger partial charge in [0.15, 0.2) is 11.5 Å². The van der Waals surface area contributed by atoms with Crippen molar-refractivity contribution in [1.29, 1.82) is 0 Å². The zero-order valence-corrected chi connectivity index (χ0v) is 9.40. The highest BCUT2D eigenvalue weighted by atomic mass is 16.6. The quantitative estimate of drug-likeness (QED) is 0.774. The van der Waals surface area contributed by atoms with Crippen LogP contribution < -0.4 is 5.73 Å². The van der Waals surface area contributed by atoms with Crippen LogP contribution in [-0.4, -0.2) is 19.3 Å². The largest absolute Gasteiger partial charge is 0.486 e. The molecule has 0 aromatic heterocycles. The highest BCUT2D eigenvalue weighted by Crippen LogP contribution is 2.23. The molecular formula is C12H19NO2. The predicted octanol–water partition coefficient (Wildman–Crippen LogP) is 2.11. The first kappa shape index (κ1) is 11.9. The van der Waals surface area contributed by atoms with Crippen molar-refractivity contribution in [2.75, 3.05) is 13.2 Å². The molecule has 0 aliphatic carbocycles. The molecule has 3 nitrogen and oxygen atoms in total. The van der Waals surface area contributed by atoms with Crippen LogP contribution in [0.15, 0.2) is 35.8 Å². The maximum atomic E-state index is 5.74. The summed E-state index contributed by atoms with van der Waals surface area (Å²) in [5, 5.41) is 0. The van der Waals surface area contributed by atoms with Gasteiger partial charge in [-0.25, -0.2) is 0 Å². The average molecular weight is 209 g/mol. The highest BCUT2D eigenvalue weighted by molar-refractivity contribution is 5.25. The highest BCUT2D eigenvalue weighted by Gasteiger charge is 2.21. The Labute approximate surface area is 91.2 Å². The molecule has 1 saturated heterocycles. The molecule has 0 radical (unpaired) electrons. The van der Waals surface area contributed by atoms with Crippen molar-refractivity contribution in [1.82, 2.24) is 0 Å². The van der Waals surface area contributed by atoms with E-state index in [-0.39, 0.29) is 6.10 Å². The predicted molar refractivity (Wildman–Crippen MR) is 61.2 cm³/mol. The summed E-state index contributed by atoms with van der Waals surface area (Å²) in [5.74, 6) is 1.60. The normalized spacial score (nSPS) is 27.0. The molecule has 15 heavy (non-hydrogen) atoms. The smallest absolute Gasteiger partial charge is 0.161 e. The molecule has 1 rings (SSSR count). The summed E-state index contributed by atoms with van der Waals surface area (Å²) in [6, 6.07) is 0. The van der Waals surface area contributed by atoms with Crippen LogP contribution in [-0.2, 0) is 9.47 Å². The monoisotopic (exact) mass is 209 g/mol. The molecule has 1 aliphatic rings. The maximum Gasteiger partial charge on any atom is 0.161 e. The lowest BCUT2D eigenvalue weighted by atomic mass is 10.2. The molecule has 0 spiro atoms. The van der Waals surface area contributed by atoms with Gasteiger partial charge >= 0.3 is 0 Å². The van der Waals surface area contributed by atoms with Gasteiger partial charge in [0.1, 0.15) is 12.7 Å². The van der Waals surface area contributed by atoms with Gasteiger partial charge < -0.3 is 15.2 Å². The van der Waals surface area contributed by atoms with Gasteiger partial charge in [-0.15, -0.1) is 0 Å². The van der Waals surface area contributed by atoms with E-state index in [4.69, 9.17) is 15.2 Å². The number of rotatable bonds is 3. The van der Waals surface area contributed by atoms with Crippen molar-refractivity contribution >= 4 is 0 Å². The summed E-state index contributed by atoms with van der Waals surface area (Å²) in [7, 11) is 0. The Kier molecular flexibility index (Phi) is 4.98. The molecule has 0 saturated carbocycles. The van der Waals surface area contributed by atoms with E-state index < -0.39 is 0 Å². The Hall–Kier alpha value is -1.22. The number of nitrogens with two attached hydrogens (primary N) is 1. The van der Waals surface area contributed by atoms with E-state index in [9.17, 15) is 0 Å². The van der Waals surface area contributed by atoms with Crippen LogP contribution in [0.1, 0.15) is 20.3 Å². The third kappa shape index (κ3) is 3.44. The number of hydrogen-bond donors (Lipinski definition) is 1. The summed E-state index contributed by atoms with van der Waals surface area (Å²) >= 11 is 0. The van der Waals surface area contributed by atoms with E-state index >= 15 is 0 Å². The summed E-state index contributed by atoms with van der Waals surface area (Å²) in [6.45, 7) is 5.11. The second-order valence-electron chi connectivity index (χ2n) is 3.34. The average Bonchev–Trinajstić information content (AvgIpc) is 2.27. The van der Waals surface area contributed by atoms with Gasteiger partial charge in [-0.05, 0) is 39.0 Å². The Morgan fingerprint density at radius 1 is 1.40 bits per heavy atom. The molecule has 0 aromatic carbocycles. The molecular weight excluding hydrogens is 190 g/mol. The van der Waals surface area contributed by atoms with Crippen molar-refractivity contribution in [3.8, 4) is 0 Å². The fourth-order valence-electron chi connectivity index (χ4n) is 1.38. The van der Waals surface area contributed by atoms with E-state index in [0.29, 0.717) is 13.2 Å². The van der Waals surface area contributed by atoms with E-state index in [1.54, 1.807) is 0 Å². The van der Waals surface area contributed by atoms with E-state index in [1.807, 2.05) is 38.2 Å². The molecule has 1 heterocycles. The van der Waals surface area contributed by atoms with Crippen molar-refractivity contribution in [3.05, 3.63) is 35.8 Å². The fourth-order valence-corrected chi connectivity index (χ4v) is 1.38. The van der Waals surface area contributed by atoms with Gasteiger partial charge in [-0.2, -0.15) is 0 Å². The Morgan fingerprint density at radius 2 is 2.20 bits per heavy atom. The van der Waals surface area contributed by atoms with E-state index in [1.165, 1.54) is 0 Å². The minimum absolute atomic E-state index is 0.0870. The van der Waals surface area contributed by atoms with E-state index in [2.05, 4.69) is 0 Å². The lowest BCUT2D eigenvalue weighted by molar-refractivity contribution is -0.00975. The van der Waals surface area contributed by atoms with Crippen LogP contribution in [0, 0.1) is 0 Å². The van der Waals surface area contributed by atoms with Crippen LogP contribution in [0.2, 0.25) is 0 Å². The standard InChI is InChI=1S/C12H19NO2/c1-3-5-6-12-11(4-2)15-10(7-8-13)9-14-12/h3-6,10H,7-9,13H2,1-2H3/b5-3-,11-4+,12-6+. The Bertz CT molecular complexity index is 279. The molecule has 2 N–H and O–H groups in total. The van der Waals surface area contributed by atoms with Crippen molar-refractivity contribution in [2.24, 2.45) is 5.73 Å². The SMILES string of the molecule is C\C=C/C=C1/OCC(CCN)O/C1=C/C. The number of hydrogen-bond acceptors (Lipinski definition) is 3. The lowest BCUT2D eigenvalue weighted by Gasteiger charge is -2.28. The minimum atomic E-state index is 0.0870. The van der Waals surface area contributed by atoms with Crippen LogP contribution in [0.5, 0.6) is 0 Å². The summed E-state index contributed by atoms with van der Waals surface area (Å²) < 4.78 is 11.3. The molecule has 3 heteroatoms. The zero-order valence-electron chi connectivity index (χ0n) is 9.40. The molecule has 0 amide bonds. The van der Waals surface area contributed by atoms with Gasteiger partial charge in [0, 0.05) is 0 Å². The molecule has 1 aliphatic heterocycles.